The summed E-state index contributed by atoms with van der Waals surface area (Å²) in [5, 5.41) is 7.24. The standard InChI is InChI=1S/C38H44N6O4Se/c1-24(2)21-30-35(46)44-32-18-10-8-16-27(32)38(37(44)42-30)22-31(36(47)48-38)41-34(45)26-15-7-9-17-29(26)40-33(43-19-11-4-12-20-43)28(39)23-49-25-13-5-3-6-14-25/h3,5-10,13-18,24,28,30-31,37,42H,4,11-12,19-23,39H2,1-2H3,(H,41,45)/t28-,30-,31+,37+,38+/m0/s1. The zero-order valence-electron chi connectivity index (χ0n) is 28.0. The van der Waals surface area contributed by atoms with Gasteiger partial charge in [0, 0.05) is 0 Å². The van der Waals surface area contributed by atoms with Gasteiger partial charge in [-0.2, -0.15) is 0 Å². The molecule has 0 unspecified atom stereocenters. The van der Waals surface area contributed by atoms with E-state index in [-0.39, 0.29) is 39.4 Å². The summed E-state index contributed by atoms with van der Waals surface area (Å²) in [5.41, 5.74) is 8.15. The number of aliphatic imine (C=N–C) groups is 1. The van der Waals surface area contributed by atoms with Crippen LogP contribution in [0.5, 0.6) is 0 Å². The number of benzene rings is 3. The number of amidine groups is 1. The molecule has 49 heavy (non-hydrogen) atoms. The van der Waals surface area contributed by atoms with Crippen LogP contribution >= 0.6 is 0 Å². The molecule has 0 aliphatic carbocycles. The maximum absolute atomic E-state index is 14.0. The Kier molecular flexibility index (Phi) is 9.61. The Morgan fingerprint density at radius 3 is 2.51 bits per heavy atom. The number of piperidine rings is 1. The Labute approximate surface area is 294 Å². The zero-order valence-corrected chi connectivity index (χ0v) is 29.7. The summed E-state index contributed by atoms with van der Waals surface area (Å²) in [6.45, 7) is 5.92. The van der Waals surface area contributed by atoms with Crippen LogP contribution in [0, 0.1) is 5.92 Å². The van der Waals surface area contributed by atoms with Crippen molar-refractivity contribution in [2.45, 2.75) is 81.2 Å². The van der Waals surface area contributed by atoms with E-state index in [0.29, 0.717) is 23.6 Å². The van der Waals surface area contributed by atoms with E-state index in [9.17, 15) is 14.4 Å². The van der Waals surface area contributed by atoms with Gasteiger partial charge in [0.2, 0.25) is 5.91 Å². The first-order valence-corrected chi connectivity index (χ1v) is 19.4. The Balaban J connectivity index is 1.13. The summed E-state index contributed by atoms with van der Waals surface area (Å²) in [6.07, 6.45) is 3.64. The third kappa shape index (κ3) is 6.53. The molecule has 0 radical (unpaired) electrons. The summed E-state index contributed by atoms with van der Waals surface area (Å²) < 4.78 is 7.49. The molecule has 10 nitrogen and oxygen atoms in total. The number of anilines is 1. The molecule has 0 aromatic heterocycles. The van der Waals surface area contributed by atoms with Gasteiger partial charge in [-0.25, -0.2) is 0 Å². The van der Waals surface area contributed by atoms with E-state index in [1.165, 1.54) is 10.9 Å². The molecule has 3 aromatic rings. The number of esters is 1. The van der Waals surface area contributed by atoms with Crippen molar-refractivity contribution in [2.24, 2.45) is 16.6 Å². The Morgan fingerprint density at radius 2 is 1.73 bits per heavy atom. The van der Waals surface area contributed by atoms with Crippen molar-refractivity contribution in [3.8, 4) is 0 Å². The van der Waals surface area contributed by atoms with Crippen LogP contribution in [0.3, 0.4) is 0 Å². The van der Waals surface area contributed by atoms with Crippen molar-refractivity contribution in [2.75, 3.05) is 18.0 Å². The van der Waals surface area contributed by atoms with Crippen molar-refractivity contribution in [3.63, 3.8) is 0 Å². The number of likely N-dealkylation sites (tertiary alicyclic amines) is 1. The summed E-state index contributed by atoms with van der Waals surface area (Å²) in [6, 6.07) is 23.6. The molecule has 1 spiro atoms. The SMILES string of the molecule is CC(C)C[C@@H]1N[C@@H]2N(C1=O)c1ccccc1[C@]21C[C@@H](NC(=O)c2ccccc2N=C([C@@H](N)C[Se]c2ccccc2)N2CCCCC2)C(=O)O1. The molecular weight excluding hydrogens is 683 g/mol. The quantitative estimate of drug-likeness (QED) is 0.133. The molecule has 4 heterocycles. The summed E-state index contributed by atoms with van der Waals surface area (Å²) in [7, 11) is 0. The number of carbonyl (C=O) groups excluding carboxylic acids is 3. The van der Waals surface area contributed by atoms with Gasteiger partial charge < -0.3 is 0 Å². The molecular formula is C38H44N6O4Se. The first-order chi connectivity index (χ1) is 23.7. The topological polar surface area (TPSA) is 129 Å². The van der Waals surface area contributed by atoms with E-state index in [1.807, 2.05) is 54.6 Å². The van der Waals surface area contributed by atoms with E-state index < -0.39 is 29.7 Å². The monoisotopic (exact) mass is 728 g/mol. The maximum atomic E-state index is 14.0. The molecule has 3 aromatic carbocycles. The molecule has 2 amide bonds. The van der Waals surface area contributed by atoms with Crippen LogP contribution in [0.1, 0.15) is 61.9 Å². The number of fused-ring (bicyclic) bond motifs is 5. The number of rotatable bonds is 9. The number of para-hydroxylation sites is 2. The Bertz CT molecular complexity index is 1740. The Morgan fingerprint density at radius 1 is 1.02 bits per heavy atom. The molecule has 3 saturated heterocycles. The predicted octanol–water partition coefficient (Wildman–Crippen LogP) is 3.61. The van der Waals surface area contributed by atoms with Crippen molar-refractivity contribution in [1.29, 1.82) is 0 Å². The fourth-order valence-electron chi connectivity index (χ4n) is 7.59. The first-order valence-electron chi connectivity index (χ1n) is 17.3. The number of nitrogens with one attached hydrogen (secondary N) is 2. The van der Waals surface area contributed by atoms with E-state index in [4.69, 9.17) is 15.5 Å². The van der Waals surface area contributed by atoms with Crippen LogP contribution in [0.4, 0.5) is 11.4 Å². The van der Waals surface area contributed by atoms with Crippen molar-refractivity contribution in [3.05, 3.63) is 90.0 Å². The van der Waals surface area contributed by atoms with E-state index in [2.05, 4.69) is 41.5 Å². The van der Waals surface area contributed by atoms with Crippen LogP contribution in [-0.2, 0) is 19.9 Å². The van der Waals surface area contributed by atoms with Gasteiger partial charge in [0.25, 0.3) is 0 Å². The minimum absolute atomic E-state index is 0.0222. The van der Waals surface area contributed by atoms with Gasteiger partial charge in [-0.3, -0.25) is 15.0 Å². The average Bonchev–Trinajstić information content (AvgIpc) is 3.71. The van der Waals surface area contributed by atoms with Gasteiger partial charge in [0.15, 0.2) is 0 Å². The zero-order chi connectivity index (χ0) is 34.1. The number of nitrogens with zero attached hydrogens (tertiary/aromatic N) is 3. The second kappa shape index (κ2) is 14.1. The number of ether oxygens (including phenoxy) is 1. The normalized spacial score (nSPS) is 25.5. The van der Waals surface area contributed by atoms with Crippen LogP contribution < -0.4 is 25.7 Å². The van der Waals surface area contributed by atoms with Crippen molar-refractivity contribution >= 4 is 54.4 Å². The minimum atomic E-state index is -1.11. The third-order valence-corrected chi connectivity index (χ3v) is 12.2. The first kappa shape index (κ1) is 33.5. The molecule has 11 heteroatoms. The molecule has 0 saturated carbocycles. The van der Waals surface area contributed by atoms with Gasteiger partial charge in [-0.15, -0.1) is 0 Å². The number of hydrogen-bond donors (Lipinski definition) is 3. The van der Waals surface area contributed by atoms with Crippen LogP contribution in [0.2, 0.25) is 5.32 Å². The second-order valence-electron chi connectivity index (χ2n) is 13.8. The van der Waals surface area contributed by atoms with E-state index in [1.54, 1.807) is 17.0 Å². The van der Waals surface area contributed by atoms with Crippen molar-refractivity contribution in [1.82, 2.24) is 15.5 Å². The van der Waals surface area contributed by atoms with Gasteiger partial charge >= 0.3 is 212 Å². The van der Waals surface area contributed by atoms with E-state index >= 15 is 0 Å². The van der Waals surface area contributed by atoms with Crippen LogP contribution in [-0.4, -0.2) is 80.9 Å². The molecule has 3 fully saturated rings. The predicted molar refractivity (Wildman–Crippen MR) is 191 cm³/mol. The molecule has 4 aliphatic rings. The number of nitrogens with two attached hydrogens (primary N) is 1. The second-order valence-corrected chi connectivity index (χ2v) is 16.1. The summed E-state index contributed by atoms with van der Waals surface area (Å²) in [4.78, 5) is 50.3. The molecule has 4 N–H and O–H groups in total. The van der Waals surface area contributed by atoms with Gasteiger partial charge in [-0.1, -0.05) is 32.0 Å². The molecule has 0 bridgehead atoms. The number of amides is 2. The van der Waals surface area contributed by atoms with Gasteiger partial charge in [0.05, 0.1) is 11.7 Å². The summed E-state index contributed by atoms with van der Waals surface area (Å²) in [5.74, 6) is 0.156. The third-order valence-electron chi connectivity index (χ3n) is 9.87. The number of hydrogen-bond acceptors (Lipinski definition) is 7. The Hall–Kier alpha value is -4.02. The fraction of sp³-hybridized carbons (Fsp3) is 0.421. The van der Waals surface area contributed by atoms with Gasteiger partial charge in [-0.05, 0) is 18.4 Å². The average molecular weight is 728 g/mol. The summed E-state index contributed by atoms with van der Waals surface area (Å²) >= 11 is 0.176. The van der Waals surface area contributed by atoms with Crippen LogP contribution in [0.15, 0.2) is 83.9 Å². The fourth-order valence-corrected chi connectivity index (χ4v) is 9.42. The van der Waals surface area contributed by atoms with Gasteiger partial charge in [0.1, 0.15) is 0 Å². The molecule has 5 atom stereocenters. The number of carbonyl (C=O) groups is 3. The van der Waals surface area contributed by atoms with Crippen molar-refractivity contribution < 1.29 is 19.1 Å². The molecule has 256 valence electrons. The molecule has 7 rings (SSSR count). The van der Waals surface area contributed by atoms with E-state index in [0.717, 1.165) is 48.3 Å². The molecule has 4 aliphatic heterocycles. The van der Waals surface area contributed by atoms with Crippen LogP contribution in [0.25, 0.3) is 0 Å².